The number of hydrogen-bond donors (Lipinski definition) is 0. The lowest BCUT2D eigenvalue weighted by Crippen LogP contribution is -2.61. The van der Waals surface area contributed by atoms with Crippen molar-refractivity contribution < 1.29 is 4.42 Å². The third kappa shape index (κ3) is 8.87. The molecule has 0 bridgehead atoms. The summed E-state index contributed by atoms with van der Waals surface area (Å²) in [5.41, 5.74) is 28.9. The standard InChI is InChI=1S/C84H70BN3O/c1-8-9-28-59-48-77-79(65-39-24-27-42-76(65)89-77)78(57-35-20-13-21-36-57)81(59)87-72-46-43-58(54-29-14-10-15-30-54)47-69(72)85-68-45-44-62(86-70-40-25-22-37-63(70)64-38-23-26-41-71(64)86)53-73(68)88(75-52-61(84(5,6)7)51-74(87)80(75)85)82-66(55-31-16-11-17-32-55)49-60(83(2,3)4)50-67(82)56-33-18-12-19-34-56/h10-27,29-53H,8-9,28H2,1-7H3. The van der Waals surface area contributed by atoms with E-state index in [2.05, 4.69) is 324 Å². The van der Waals surface area contributed by atoms with Crippen molar-refractivity contribution in [2.24, 2.45) is 0 Å². The van der Waals surface area contributed by atoms with Gasteiger partial charge in [0.05, 0.1) is 22.4 Å². The van der Waals surface area contributed by atoms with E-state index in [1.807, 2.05) is 0 Å². The van der Waals surface area contributed by atoms with E-state index in [1.54, 1.807) is 0 Å². The molecule has 2 aliphatic heterocycles. The van der Waals surface area contributed by atoms with Crippen molar-refractivity contribution in [3.63, 3.8) is 0 Å². The van der Waals surface area contributed by atoms with Crippen LogP contribution in [-0.4, -0.2) is 11.3 Å². The molecule has 14 aromatic rings. The van der Waals surface area contributed by atoms with Gasteiger partial charge in [0.1, 0.15) is 11.2 Å². The van der Waals surface area contributed by atoms with Gasteiger partial charge in [-0.2, -0.15) is 0 Å². The first-order chi connectivity index (χ1) is 43.4. The third-order valence-corrected chi connectivity index (χ3v) is 19.0. The Hall–Kier alpha value is -10.1. The Kier molecular flexibility index (Phi) is 12.9. The highest BCUT2D eigenvalue weighted by Crippen LogP contribution is 2.55. The minimum atomic E-state index is -0.278. The van der Waals surface area contributed by atoms with Gasteiger partial charge in [-0.3, -0.25) is 0 Å². The zero-order valence-electron chi connectivity index (χ0n) is 51.8. The maximum absolute atomic E-state index is 6.99. The van der Waals surface area contributed by atoms with Crippen LogP contribution in [0.1, 0.15) is 78.0 Å². The van der Waals surface area contributed by atoms with Gasteiger partial charge in [-0.05, 0) is 151 Å². The van der Waals surface area contributed by atoms with Crippen LogP contribution in [0.25, 0.3) is 93.9 Å². The summed E-state index contributed by atoms with van der Waals surface area (Å²) >= 11 is 0. The maximum atomic E-state index is 6.99. The second kappa shape index (κ2) is 21.1. The van der Waals surface area contributed by atoms with Gasteiger partial charge >= 0.3 is 0 Å². The molecule has 89 heavy (non-hydrogen) atoms. The van der Waals surface area contributed by atoms with Crippen LogP contribution in [0, 0.1) is 0 Å². The van der Waals surface area contributed by atoms with E-state index in [4.69, 9.17) is 4.42 Å². The van der Waals surface area contributed by atoms with Crippen LogP contribution in [0.2, 0.25) is 0 Å². The molecule has 0 saturated carbocycles. The van der Waals surface area contributed by atoms with Crippen molar-refractivity contribution in [3.8, 4) is 50.2 Å². The number of aryl methyl sites for hydroxylation is 1. The quantitative estimate of drug-likeness (QED) is 0.128. The average Bonchev–Trinajstić information content (AvgIpc) is 0.882. The Morgan fingerprint density at radius 2 is 0.910 bits per heavy atom. The fraction of sp³-hybridized carbons (Fsp3) is 0.143. The fourth-order valence-corrected chi connectivity index (χ4v) is 14.7. The summed E-state index contributed by atoms with van der Waals surface area (Å²) in [4.78, 5) is 5.44. The van der Waals surface area contributed by atoms with Crippen molar-refractivity contribution in [1.82, 2.24) is 4.57 Å². The second-order valence-electron chi connectivity index (χ2n) is 26.6. The van der Waals surface area contributed by atoms with Crippen LogP contribution in [0.15, 0.2) is 265 Å². The van der Waals surface area contributed by atoms with Gasteiger partial charge in [0.15, 0.2) is 0 Å². The lowest BCUT2D eigenvalue weighted by molar-refractivity contribution is 0.590. The Morgan fingerprint density at radius 1 is 0.393 bits per heavy atom. The molecule has 4 heterocycles. The number of aromatic nitrogens is 1. The van der Waals surface area contributed by atoms with Crippen LogP contribution in [-0.2, 0) is 17.3 Å². The van der Waals surface area contributed by atoms with Gasteiger partial charge in [0.25, 0.3) is 6.71 Å². The van der Waals surface area contributed by atoms with Crippen LogP contribution < -0.4 is 26.2 Å². The average molecular weight is 1150 g/mol. The van der Waals surface area contributed by atoms with Crippen LogP contribution in [0.3, 0.4) is 0 Å². The molecule has 16 rings (SSSR count). The van der Waals surface area contributed by atoms with E-state index >= 15 is 0 Å². The molecule has 430 valence electrons. The number of fused-ring (bicyclic) bond motifs is 10. The van der Waals surface area contributed by atoms with Gasteiger partial charge in [0.2, 0.25) is 0 Å². The van der Waals surface area contributed by atoms with Crippen molar-refractivity contribution in [2.75, 3.05) is 9.80 Å². The number of hydrogen-bond acceptors (Lipinski definition) is 3. The molecule has 0 radical (unpaired) electrons. The highest BCUT2D eigenvalue weighted by atomic mass is 16.3. The number of nitrogens with zero attached hydrogens (tertiary/aromatic N) is 3. The second-order valence-corrected chi connectivity index (χ2v) is 26.6. The molecular weight excluding hydrogens is 1080 g/mol. The minimum Gasteiger partial charge on any atom is -0.456 e. The molecule has 0 unspecified atom stereocenters. The van der Waals surface area contributed by atoms with E-state index in [0.717, 1.165) is 63.8 Å². The lowest BCUT2D eigenvalue weighted by atomic mass is 9.33. The van der Waals surface area contributed by atoms with Crippen LogP contribution in [0.4, 0.5) is 34.1 Å². The zero-order valence-corrected chi connectivity index (χ0v) is 51.8. The molecule has 0 atom stereocenters. The Labute approximate surface area is 523 Å². The highest BCUT2D eigenvalue weighted by molar-refractivity contribution is 7.00. The van der Waals surface area contributed by atoms with E-state index in [9.17, 15) is 0 Å². The molecule has 2 aromatic heterocycles. The summed E-state index contributed by atoms with van der Waals surface area (Å²) < 4.78 is 9.49. The van der Waals surface area contributed by atoms with Gasteiger partial charge in [0, 0.05) is 66.7 Å². The van der Waals surface area contributed by atoms with Crippen LogP contribution >= 0.6 is 0 Å². The monoisotopic (exact) mass is 1150 g/mol. The molecule has 0 aliphatic carbocycles. The van der Waals surface area contributed by atoms with E-state index in [-0.39, 0.29) is 17.5 Å². The van der Waals surface area contributed by atoms with Crippen LogP contribution in [0.5, 0.6) is 0 Å². The topological polar surface area (TPSA) is 24.6 Å². The summed E-state index contributed by atoms with van der Waals surface area (Å²) in [6.07, 6.45) is 2.95. The van der Waals surface area contributed by atoms with Crippen molar-refractivity contribution in [2.45, 2.75) is 78.6 Å². The van der Waals surface area contributed by atoms with Crippen molar-refractivity contribution in [1.29, 1.82) is 0 Å². The number of anilines is 6. The molecule has 2 aliphatic rings. The molecule has 0 N–H and O–H groups in total. The van der Waals surface area contributed by atoms with Gasteiger partial charge in [-0.1, -0.05) is 249 Å². The number of furan rings is 1. The summed E-state index contributed by atoms with van der Waals surface area (Å²) in [7, 11) is 0. The predicted molar refractivity (Wildman–Crippen MR) is 380 cm³/mol. The molecule has 4 nitrogen and oxygen atoms in total. The first-order valence-corrected chi connectivity index (χ1v) is 31.8. The number of rotatable bonds is 10. The van der Waals surface area contributed by atoms with Gasteiger partial charge < -0.3 is 18.8 Å². The highest BCUT2D eigenvalue weighted by Gasteiger charge is 2.46. The summed E-state index contributed by atoms with van der Waals surface area (Å²) in [6.45, 7) is 16.4. The van der Waals surface area contributed by atoms with E-state index < -0.39 is 0 Å². The largest absolute Gasteiger partial charge is 0.456 e. The molecular formula is C84H70BN3O. The number of unbranched alkanes of at least 4 members (excludes halogenated alkanes) is 1. The molecule has 0 spiro atoms. The summed E-state index contributed by atoms with van der Waals surface area (Å²) in [6, 6.07) is 98.3. The predicted octanol–water partition coefficient (Wildman–Crippen LogP) is 21.4. The molecule has 0 amide bonds. The fourth-order valence-electron chi connectivity index (χ4n) is 14.7. The first kappa shape index (κ1) is 54.3. The molecule has 12 aromatic carbocycles. The minimum absolute atomic E-state index is 0.167. The maximum Gasteiger partial charge on any atom is 0.252 e. The molecule has 5 heteroatoms. The smallest absolute Gasteiger partial charge is 0.252 e. The number of benzene rings is 12. The van der Waals surface area contributed by atoms with Crippen molar-refractivity contribution >= 4 is 101 Å². The zero-order chi connectivity index (χ0) is 60.3. The van der Waals surface area contributed by atoms with Crippen molar-refractivity contribution in [3.05, 3.63) is 278 Å². The SMILES string of the molecule is CCCCc1cc2oc3ccccc3c2c(-c2ccccc2)c1N1c2ccc(-c3ccccc3)cc2B2c3ccc(-n4c5ccccc5c5ccccc54)cc3N(c3c(-c4ccccc4)cc(C(C)(C)C)cc3-c3ccccc3)c3cc(C(C)(C)C)cc1c32. The first-order valence-electron chi connectivity index (χ1n) is 31.8. The van der Waals surface area contributed by atoms with Gasteiger partial charge in [-0.15, -0.1) is 0 Å². The summed E-state index contributed by atoms with van der Waals surface area (Å²) in [5.74, 6) is 0. The van der Waals surface area contributed by atoms with Gasteiger partial charge in [-0.25, -0.2) is 0 Å². The number of para-hydroxylation sites is 3. The van der Waals surface area contributed by atoms with E-state index in [1.165, 1.54) is 117 Å². The Balaban J connectivity index is 1.11. The molecule has 0 saturated heterocycles. The summed E-state index contributed by atoms with van der Waals surface area (Å²) in [5, 5.41) is 4.73. The lowest BCUT2D eigenvalue weighted by Gasteiger charge is -2.46. The third-order valence-electron chi connectivity index (χ3n) is 19.0. The normalized spacial score (nSPS) is 13.0. The van der Waals surface area contributed by atoms with E-state index in [0.29, 0.717) is 0 Å². The molecule has 0 fully saturated rings. The Morgan fingerprint density at radius 3 is 1.49 bits per heavy atom. The Bertz CT molecular complexity index is 4970.